The van der Waals surface area contributed by atoms with Crippen LogP contribution in [0.5, 0.6) is 0 Å². The van der Waals surface area contributed by atoms with Gasteiger partial charge in [0.2, 0.25) is 11.7 Å². The van der Waals surface area contributed by atoms with Crippen molar-refractivity contribution in [3.05, 3.63) is 59.1 Å². The first-order chi connectivity index (χ1) is 14.1. The van der Waals surface area contributed by atoms with Crippen molar-refractivity contribution >= 4 is 29.1 Å². The number of hydrogen-bond acceptors (Lipinski definition) is 5. The molecule has 2 N–H and O–H groups in total. The van der Waals surface area contributed by atoms with Gasteiger partial charge in [-0.1, -0.05) is 23.7 Å². The number of rotatable bonds is 4. The Labute approximate surface area is 172 Å². The van der Waals surface area contributed by atoms with Crippen LogP contribution in [0.25, 0.3) is 11.4 Å². The molecule has 3 aromatic rings. The molecule has 1 aliphatic rings. The summed E-state index contributed by atoms with van der Waals surface area (Å²) in [5, 5.41) is 17.4. The second-order valence-corrected chi connectivity index (χ2v) is 7.34. The van der Waals surface area contributed by atoms with Gasteiger partial charge in [-0.15, -0.1) is 10.2 Å². The molecule has 2 amide bonds. The molecule has 1 aliphatic heterocycles. The van der Waals surface area contributed by atoms with Crippen molar-refractivity contribution in [1.82, 2.24) is 25.5 Å². The third kappa shape index (κ3) is 4.43. The number of tetrazole rings is 1. The molecule has 0 spiro atoms. The van der Waals surface area contributed by atoms with E-state index >= 15 is 0 Å². The van der Waals surface area contributed by atoms with E-state index in [0.29, 0.717) is 35.2 Å². The summed E-state index contributed by atoms with van der Waals surface area (Å²) in [6.45, 7) is 1.02. The molecule has 1 fully saturated rings. The number of carbonyl (C=O) groups excluding carboxylic acids is 2. The maximum atomic E-state index is 12.8. The third-order valence-corrected chi connectivity index (χ3v) is 5.16. The number of nitrogens with zero attached hydrogens (tertiary/aromatic N) is 4. The lowest BCUT2D eigenvalue weighted by Gasteiger charge is -2.32. The van der Waals surface area contributed by atoms with E-state index in [2.05, 4.69) is 25.9 Å². The summed E-state index contributed by atoms with van der Waals surface area (Å²) in [6.07, 6.45) is 1.51. The number of aromatic nitrogens is 4. The zero-order valence-corrected chi connectivity index (χ0v) is 16.3. The van der Waals surface area contributed by atoms with Crippen LogP contribution < -0.4 is 5.32 Å². The van der Waals surface area contributed by atoms with Gasteiger partial charge in [0.15, 0.2) is 0 Å². The van der Waals surface area contributed by atoms with E-state index in [1.54, 1.807) is 41.3 Å². The summed E-state index contributed by atoms with van der Waals surface area (Å²) in [5.41, 5.74) is 1.97. The molecular formula is C20H19ClN6O2. The maximum Gasteiger partial charge on any atom is 0.253 e. The van der Waals surface area contributed by atoms with Gasteiger partial charge in [-0.05, 0) is 54.5 Å². The molecule has 1 atom stereocenters. The highest BCUT2D eigenvalue weighted by Gasteiger charge is 2.29. The van der Waals surface area contributed by atoms with Crippen LogP contribution in [0.4, 0.5) is 5.69 Å². The molecule has 1 saturated heterocycles. The number of hydrogen-bond donors (Lipinski definition) is 2. The van der Waals surface area contributed by atoms with Crippen LogP contribution in [-0.2, 0) is 4.79 Å². The van der Waals surface area contributed by atoms with E-state index < -0.39 is 0 Å². The summed E-state index contributed by atoms with van der Waals surface area (Å²) in [4.78, 5) is 27.3. The van der Waals surface area contributed by atoms with Gasteiger partial charge in [0, 0.05) is 34.9 Å². The van der Waals surface area contributed by atoms with Crippen LogP contribution in [0, 0.1) is 5.92 Å². The minimum absolute atomic E-state index is 0.0849. The van der Waals surface area contributed by atoms with Gasteiger partial charge < -0.3 is 10.2 Å². The Hall–Kier alpha value is -3.26. The lowest BCUT2D eigenvalue weighted by Crippen LogP contribution is -2.43. The summed E-state index contributed by atoms with van der Waals surface area (Å²) in [7, 11) is 0. The largest absolute Gasteiger partial charge is 0.338 e. The number of nitrogens with one attached hydrogen (secondary N) is 2. The molecule has 0 aliphatic carbocycles. The second kappa shape index (κ2) is 8.40. The molecule has 148 valence electrons. The number of likely N-dealkylation sites (tertiary alicyclic amines) is 1. The minimum Gasteiger partial charge on any atom is -0.338 e. The first kappa shape index (κ1) is 19.1. The number of anilines is 1. The minimum atomic E-state index is -0.270. The molecule has 0 radical (unpaired) electrons. The van der Waals surface area contributed by atoms with Gasteiger partial charge in [-0.2, -0.15) is 5.21 Å². The predicted octanol–water partition coefficient (Wildman–Crippen LogP) is 3.01. The molecule has 2 aromatic carbocycles. The van der Waals surface area contributed by atoms with Gasteiger partial charge >= 0.3 is 0 Å². The number of aromatic amines is 1. The van der Waals surface area contributed by atoms with Crippen molar-refractivity contribution in [3.63, 3.8) is 0 Å². The van der Waals surface area contributed by atoms with Crippen molar-refractivity contribution in [2.45, 2.75) is 12.8 Å². The highest BCUT2D eigenvalue weighted by atomic mass is 35.5. The fourth-order valence-corrected chi connectivity index (χ4v) is 3.54. The van der Waals surface area contributed by atoms with Crippen LogP contribution >= 0.6 is 11.6 Å². The highest BCUT2D eigenvalue weighted by molar-refractivity contribution is 6.30. The average molecular weight is 411 g/mol. The second-order valence-electron chi connectivity index (χ2n) is 6.90. The van der Waals surface area contributed by atoms with Crippen LogP contribution in [-0.4, -0.2) is 50.4 Å². The van der Waals surface area contributed by atoms with Gasteiger partial charge in [0.25, 0.3) is 5.91 Å². The van der Waals surface area contributed by atoms with Crippen LogP contribution in [0.15, 0.2) is 48.5 Å². The molecule has 0 bridgehead atoms. The van der Waals surface area contributed by atoms with E-state index in [0.717, 1.165) is 18.4 Å². The van der Waals surface area contributed by atoms with E-state index in [-0.39, 0.29) is 17.7 Å². The third-order valence-electron chi connectivity index (χ3n) is 4.90. The quantitative estimate of drug-likeness (QED) is 0.688. The highest BCUT2D eigenvalue weighted by Crippen LogP contribution is 2.23. The Morgan fingerprint density at radius 3 is 2.76 bits per heavy atom. The number of piperidine rings is 1. The Morgan fingerprint density at radius 2 is 2.00 bits per heavy atom. The smallest absolute Gasteiger partial charge is 0.253 e. The maximum absolute atomic E-state index is 12.8. The Morgan fingerprint density at radius 1 is 1.17 bits per heavy atom. The van der Waals surface area contributed by atoms with Crippen molar-refractivity contribution < 1.29 is 9.59 Å². The number of carbonyl (C=O) groups is 2. The molecule has 2 heterocycles. The Kier molecular flexibility index (Phi) is 5.53. The Balaban J connectivity index is 1.42. The first-order valence-electron chi connectivity index (χ1n) is 9.30. The number of H-pyrrole nitrogens is 1. The van der Waals surface area contributed by atoms with E-state index in [1.165, 1.54) is 0 Å². The molecule has 9 heteroatoms. The summed E-state index contributed by atoms with van der Waals surface area (Å²) >= 11 is 5.90. The first-order valence-corrected chi connectivity index (χ1v) is 9.67. The molecule has 29 heavy (non-hydrogen) atoms. The molecule has 1 unspecified atom stereocenters. The summed E-state index contributed by atoms with van der Waals surface area (Å²) < 4.78 is 0. The van der Waals surface area contributed by atoms with E-state index in [9.17, 15) is 9.59 Å². The van der Waals surface area contributed by atoms with Crippen LogP contribution in [0.2, 0.25) is 5.02 Å². The molecule has 1 aromatic heterocycles. The fraction of sp³-hybridized carbons (Fsp3) is 0.250. The lowest BCUT2D eigenvalue weighted by atomic mass is 9.96. The monoisotopic (exact) mass is 410 g/mol. The SMILES string of the molecule is O=C(Nc1cccc(-c2nn[nH]n2)c1)C1CCCN(C(=O)c2ccc(Cl)cc2)C1. The molecular weight excluding hydrogens is 392 g/mol. The molecule has 0 saturated carbocycles. The van der Waals surface area contributed by atoms with Crippen molar-refractivity contribution in [2.75, 3.05) is 18.4 Å². The normalized spacial score (nSPS) is 16.4. The van der Waals surface area contributed by atoms with Gasteiger partial charge in [-0.25, -0.2) is 0 Å². The summed E-state index contributed by atoms with van der Waals surface area (Å²) in [6, 6.07) is 14.1. The van der Waals surface area contributed by atoms with Gasteiger partial charge in [0.05, 0.1) is 5.92 Å². The zero-order valence-electron chi connectivity index (χ0n) is 15.5. The number of amides is 2. The van der Waals surface area contributed by atoms with Gasteiger partial charge in [0.1, 0.15) is 0 Å². The van der Waals surface area contributed by atoms with Gasteiger partial charge in [-0.3, -0.25) is 9.59 Å². The topological polar surface area (TPSA) is 104 Å². The van der Waals surface area contributed by atoms with E-state index in [1.807, 2.05) is 12.1 Å². The lowest BCUT2D eigenvalue weighted by molar-refractivity contribution is -0.121. The molecule has 4 rings (SSSR count). The standard InChI is InChI=1S/C20H19ClN6O2/c21-16-8-6-13(7-9-16)20(29)27-10-2-4-15(12-27)19(28)22-17-5-1-3-14(11-17)18-23-25-26-24-18/h1,3,5-9,11,15H,2,4,10,12H2,(H,22,28)(H,23,24,25,26). The van der Waals surface area contributed by atoms with Crippen molar-refractivity contribution in [1.29, 1.82) is 0 Å². The molecule has 8 nitrogen and oxygen atoms in total. The van der Waals surface area contributed by atoms with Crippen molar-refractivity contribution in [3.8, 4) is 11.4 Å². The average Bonchev–Trinajstić information content (AvgIpc) is 3.29. The zero-order chi connectivity index (χ0) is 20.2. The van der Waals surface area contributed by atoms with Crippen LogP contribution in [0.1, 0.15) is 23.2 Å². The van der Waals surface area contributed by atoms with Crippen LogP contribution in [0.3, 0.4) is 0 Å². The fourth-order valence-electron chi connectivity index (χ4n) is 3.42. The predicted molar refractivity (Wildman–Crippen MR) is 108 cm³/mol. The number of benzene rings is 2. The summed E-state index contributed by atoms with van der Waals surface area (Å²) in [5.74, 6) is -0.00512. The Bertz CT molecular complexity index is 1010. The number of halogens is 1. The van der Waals surface area contributed by atoms with E-state index in [4.69, 9.17) is 11.6 Å². The van der Waals surface area contributed by atoms with Crippen molar-refractivity contribution in [2.24, 2.45) is 5.92 Å².